The average Bonchev–Trinajstić information content (AvgIpc) is 2.33. The number of carbonyl (C=O) groups is 2. The summed E-state index contributed by atoms with van der Waals surface area (Å²) in [7, 11) is 0. The smallest absolute Gasteiger partial charge is 0.240 e. The van der Waals surface area contributed by atoms with Crippen molar-refractivity contribution in [2.75, 3.05) is 0 Å². The molecular formula is C13H14F2N2O2. The predicted octanol–water partition coefficient (Wildman–Crippen LogP) is 1.05. The van der Waals surface area contributed by atoms with Crippen molar-refractivity contribution in [1.82, 2.24) is 5.32 Å². The fraction of sp³-hybridized carbons (Fsp3) is 0.231. The van der Waals surface area contributed by atoms with Crippen molar-refractivity contribution in [2.45, 2.75) is 18.9 Å². The van der Waals surface area contributed by atoms with Gasteiger partial charge in [-0.2, -0.15) is 0 Å². The molecule has 1 atom stereocenters. The molecule has 0 spiro atoms. The minimum atomic E-state index is -0.931. The van der Waals surface area contributed by atoms with Crippen LogP contribution in [-0.4, -0.2) is 17.9 Å². The Morgan fingerprint density at radius 2 is 1.95 bits per heavy atom. The van der Waals surface area contributed by atoms with E-state index >= 15 is 0 Å². The van der Waals surface area contributed by atoms with Gasteiger partial charge in [-0.25, -0.2) is 8.78 Å². The Balaban J connectivity index is 2.74. The molecule has 1 rings (SSSR count). The maximum Gasteiger partial charge on any atom is 0.240 e. The zero-order valence-electron chi connectivity index (χ0n) is 10.2. The molecule has 0 aliphatic heterocycles. The van der Waals surface area contributed by atoms with Gasteiger partial charge < -0.3 is 11.1 Å². The van der Waals surface area contributed by atoms with Gasteiger partial charge in [0.25, 0.3) is 0 Å². The second-order valence-corrected chi connectivity index (χ2v) is 3.92. The Kier molecular flexibility index (Phi) is 5.17. The van der Waals surface area contributed by atoms with E-state index in [4.69, 9.17) is 5.73 Å². The van der Waals surface area contributed by atoms with E-state index in [1.54, 1.807) is 0 Å². The summed E-state index contributed by atoms with van der Waals surface area (Å²) in [6.45, 7) is 3.42. The van der Waals surface area contributed by atoms with E-state index in [9.17, 15) is 18.4 Å². The molecule has 1 aromatic rings. The molecule has 0 aliphatic rings. The molecule has 1 aromatic carbocycles. The molecule has 0 radical (unpaired) electrons. The molecule has 0 saturated carbocycles. The summed E-state index contributed by atoms with van der Waals surface area (Å²) >= 11 is 0. The third-order valence-corrected chi connectivity index (χ3v) is 2.48. The lowest BCUT2D eigenvalue weighted by Gasteiger charge is -2.13. The molecule has 6 heteroatoms. The first-order valence-corrected chi connectivity index (χ1v) is 5.58. The number of benzene rings is 1. The molecule has 0 bridgehead atoms. The highest BCUT2D eigenvalue weighted by Gasteiger charge is 2.19. The lowest BCUT2D eigenvalue weighted by molar-refractivity contribution is -0.126. The van der Waals surface area contributed by atoms with Gasteiger partial charge in [0, 0.05) is 5.56 Å². The highest BCUT2D eigenvalue weighted by Crippen LogP contribution is 2.12. The molecule has 0 aromatic heterocycles. The molecule has 3 N–H and O–H groups in total. The summed E-state index contributed by atoms with van der Waals surface area (Å²) in [5.41, 5.74) is 4.73. The first-order chi connectivity index (χ1) is 8.95. The molecular weight excluding hydrogens is 254 g/mol. The molecule has 0 unspecified atom stereocenters. The van der Waals surface area contributed by atoms with Crippen LogP contribution in [-0.2, 0) is 16.0 Å². The minimum absolute atomic E-state index is 0.154. The van der Waals surface area contributed by atoms with Crippen LogP contribution in [0, 0.1) is 11.6 Å². The quantitative estimate of drug-likeness (QED) is 0.757. The largest absolute Gasteiger partial charge is 0.368 e. The Morgan fingerprint density at radius 1 is 1.37 bits per heavy atom. The Morgan fingerprint density at radius 3 is 2.42 bits per heavy atom. The number of primary amides is 1. The van der Waals surface area contributed by atoms with Crippen LogP contribution < -0.4 is 11.1 Å². The molecule has 19 heavy (non-hydrogen) atoms. The Labute approximate surface area is 109 Å². The molecule has 2 amide bonds. The number of carbonyl (C=O) groups excluding carboxylic acids is 2. The van der Waals surface area contributed by atoms with E-state index in [0.717, 1.165) is 12.1 Å². The first kappa shape index (κ1) is 14.8. The van der Waals surface area contributed by atoms with Gasteiger partial charge in [0.05, 0.1) is 6.42 Å². The number of nitrogens with one attached hydrogen (secondary N) is 1. The summed E-state index contributed by atoms with van der Waals surface area (Å²) < 4.78 is 26.7. The van der Waals surface area contributed by atoms with E-state index in [1.807, 2.05) is 0 Å². The van der Waals surface area contributed by atoms with Crippen LogP contribution in [0.3, 0.4) is 0 Å². The summed E-state index contributed by atoms with van der Waals surface area (Å²) in [5.74, 6) is -3.04. The highest BCUT2D eigenvalue weighted by atomic mass is 19.1. The monoisotopic (exact) mass is 268 g/mol. The molecule has 102 valence electrons. The zero-order chi connectivity index (χ0) is 14.4. The van der Waals surface area contributed by atoms with Gasteiger partial charge in [-0.15, -0.1) is 6.58 Å². The van der Waals surface area contributed by atoms with E-state index in [-0.39, 0.29) is 12.0 Å². The van der Waals surface area contributed by atoms with E-state index in [0.29, 0.717) is 0 Å². The lowest BCUT2D eigenvalue weighted by Crippen LogP contribution is -2.44. The maximum absolute atomic E-state index is 13.3. The summed E-state index contributed by atoms with van der Waals surface area (Å²) in [5, 5.41) is 2.30. The fourth-order valence-electron chi connectivity index (χ4n) is 1.52. The van der Waals surface area contributed by atoms with E-state index < -0.39 is 35.9 Å². The lowest BCUT2D eigenvalue weighted by atomic mass is 10.1. The zero-order valence-corrected chi connectivity index (χ0v) is 10.2. The second kappa shape index (κ2) is 6.63. The van der Waals surface area contributed by atoms with Crippen LogP contribution in [0.15, 0.2) is 30.9 Å². The van der Waals surface area contributed by atoms with Crippen LogP contribution in [0.2, 0.25) is 0 Å². The number of halogens is 2. The van der Waals surface area contributed by atoms with E-state index in [2.05, 4.69) is 11.9 Å². The third-order valence-electron chi connectivity index (χ3n) is 2.48. The number of amides is 2. The first-order valence-electron chi connectivity index (χ1n) is 5.58. The van der Waals surface area contributed by atoms with Crippen molar-refractivity contribution in [3.8, 4) is 0 Å². The normalized spacial score (nSPS) is 11.7. The van der Waals surface area contributed by atoms with Crippen molar-refractivity contribution >= 4 is 11.8 Å². The Hall–Kier alpha value is -2.24. The van der Waals surface area contributed by atoms with Gasteiger partial charge in [-0.05, 0) is 18.6 Å². The summed E-state index contributed by atoms with van der Waals surface area (Å²) in [6, 6.07) is 2.39. The summed E-state index contributed by atoms with van der Waals surface area (Å²) in [4.78, 5) is 22.6. The van der Waals surface area contributed by atoms with Crippen molar-refractivity contribution in [3.05, 3.63) is 48.1 Å². The number of rotatable bonds is 6. The molecule has 0 fully saturated rings. The van der Waals surface area contributed by atoms with Gasteiger partial charge in [-0.1, -0.05) is 12.1 Å². The number of hydrogen-bond donors (Lipinski definition) is 2. The van der Waals surface area contributed by atoms with Gasteiger partial charge in [-0.3, -0.25) is 9.59 Å². The van der Waals surface area contributed by atoms with Crippen LogP contribution in [0.1, 0.15) is 12.0 Å². The van der Waals surface area contributed by atoms with Gasteiger partial charge in [0.2, 0.25) is 11.8 Å². The van der Waals surface area contributed by atoms with Crippen molar-refractivity contribution < 1.29 is 18.4 Å². The van der Waals surface area contributed by atoms with Crippen molar-refractivity contribution in [1.29, 1.82) is 0 Å². The standard InChI is InChI=1S/C13H14F2N2O2/c1-2-4-11(13(16)19)17-12(18)7-8-9(14)5-3-6-10(8)15/h2-3,5-6,11H,1,4,7H2,(H2,16,19)(H,17,18)/t11-/m0/s1. The van der Waals surface area contributed by atoms with Crippen LogP contribution in [0.5, 0.6) is 0 Å². The highest BCUT2D eigenvalue weighted by molar-refractivity contribution is 5.87. The van der Waals surface area contributed by atoms with Gasteiger partial charge in [0.15, 0.2) is 0 Å². The molecule has 4 nitrogen and oxygen atoms in total. The van der Waals surface area contributed by atoms with Crippen molar-refractivity contribution in [2.24, 2.45) is 5.73 Å². The molecule has 0 aliphatic carbocycles. The average molecular weight is 268 g/mol. The van der Waals surface area contributed by atoms with Gasteiger partial charge in [0.1, 0.15) is 17.7 Å². The van der Waals surface area contributed by atoms with Crippen LogP contribution >= 0.6 is 0 Å². The van der Waals surface area contributed by atoms with Gasteiger partial charge >= 0.3 is 0 Å². The fourth-order valence-corrected chi connectivity index (χ4v) is 1.52. The van der Waals surface area contributed by atoms with Crippen molar-refractivity contribution in [3.63, 3.8) is 0 Å². The SMILES string of the molecule is C=CC[C@H](NC(=O)Cc1c(F)cccc1F)C(N)=O. The maximum atomic E-state index is 13.3. The predicted molar refractivity (Wildman–Crippen MR) is 66.0 cm³/mol. The second-order valence-electron chi connectivity index (χ2n) is 3.92. The Bertz CT molecular complexity index is 483. The third kappa shape index (κ3) is 4.17. The molecule has 0 saturated heterocycles. The molecule has 0 heterocycles. The number of hydrogen-bond acceptors (Lipinski definition) is 2. The minimum Gasteiger partial charge on any atom is -0.368 e. The van der Waals surface area contributed by atoms with E-state index in [1.165, 1.54) is 12.1 Å². The van der Waals surface area contributed by atoms with Crippen LogP contribution in [0.4, 0.5) is 8.78 Å². The van der Waals surface area contributed by atoms with Crippen LogP contribution in [0.25, 0.3) is 0 Å². The number of nitrogens with two attached hydrogens (primary N) is 1. The topological polar surface area (TPSA) is 72.2 Å². The summed E-state index contributed by atoms with van der Waals surface area (Å²) in [6.07, 6.45) is 1.07.